The molecule has 9 heteroatoms. The molecule has 0 radical (unpaired) electrons. The third-order valence-corrected chi connectivity index (χ3v) is 5.54. The van der Waals surface area contributed by atoms with Gasteiger partial charge < -0.3 is 15.7 Å². The molecule has 3 N–H and O–H groups in total. The molecule has 1 unspecified atom stereocenters. The normalized spacial score (nSPS) is 16.6. The molecular weight excluding hydrogens is 384 g/mol. The number of nitrogens with zero attached hydrogens (tertiary/aromatic N) is 5. The van der Waals surface area contributed by atoms with E-state index >= 15 is 0 Å². The molecule has 9 nitrogen and oxygen atoms in total. The summed E-state index contributed by atoms with van der Waals surface area (Å²) < 4.78 is 2.91. The summed E-state index contributed by atoms with van der Waals surface area (Å²) >= 11 is 0. The summed E-state index contributed by atoms with van der Waals surface area (Å²) in [5, 5.41) is 19.0. The molecule has 1 fully saturated rings. The first-order chi connectivity index (χ1) is 14.4. The van der Waals surface area contributed by atoms with Gasteiger partial charge in [-0.1, -0.05) is 18.2 Å². The summed E-state index contributed by atoms with van der Waals surface area (Å²) in [5.74, 6) is -1.16. The second kappa shape index (κ2) is 7.65. The van der Waals surface area contributed by atoms with Crippen LogP contribution in [0, 0.1) is 11.3 Å². The van der Waals surface area contributed by atoms with E-state index in [1.807, 2.05) is 11.0 Å². The van der Waals surface area contributed by atoms with Crippen molar-refractivity contribution in [2.45, 2.75) is 25.4 Å². The average molecular weight is 406 g/mol. The predicted octanol–water partition coefficient (Wildman–Crippen LogP) is 1.28. The predicted molar refractivity (Wildman–Crippen MR) is 112 cm³/mol. The Balaban J connectivity index is 1.97. The third kappa shape index (κ3) is 3.31. The van der Waals surface area contributed by atoms with Crippen molar-refractivity contribution >= 4 is 22.8 Å². The van der Waals surface area contributed by atoms with Gasteiger partial charge in [0, 0.05) is 26.2 Å². The minimum Gasteiger partial charge on any atom is -0.477 e. The lowest BCUT2D eigenvalue weighted by Gasteiger charge is -2.33. The number of pyridine rings is 1. The first-order valence-corrected chi connectivity index (χ1v) is 9.72. The molecule has 1 saturated heterocycles. The van der Waals surface area contributed by atoms with E-state index in [9.17, 15) is 20.0 Å². The van der Waals surface area contributed by atoms with Crippen LogP contribution in [0.15, 0.2) is 35.1 Å². The van der Waals surface area contributed by atoms with Gasteiger partial charge in [0.25, 0.3) is 0 Å². The Morgan fingerprint density at radius 3 is 2.87 bits per heavy atom. The summed E-state index contributed by atoms with van der Waals surface area (Å²) in [7, 11) is 1.57. The van der Waals surface area contributed by atoms with Crippen LogP contribution in [0.5, 0.6) is 0 Å². The van der Waals surface area contributed by atoms with Crippen molar-refractivity contribution in [2.24, 2.45) is 12.8 Å². The highest BCUT2D eigenvalue weighted by Crippen LogP contribution is 2.29. The number of piperidine rings is 1. The topological polar surface area (TPSA) is 130 Å². The summed E-state index contributed by atoms with van der Waals surface area (Å²) in [6.07, 6.45) is 1.77. The number of nitrogens with two attached hydrogens (primary N) is 1. The number of carbonyl (C=O) groups is 1. The van der Waals surface area contributed by atoms with E-state index in [1.165, 1.54) is 10.6 Å². The number of aromatic nitrogens is 3. The fourth-order valence-corrected chi connectivity index (χ4v) is 4.04. The lowest BCUT2D eigenvalue weighted by molar-refractivity contribution is 0.0691. The molecule has 2 aromatic heterocycles. The second-order valence-electron chi connectivity index (χ2n) is 7.55. The number of carboxylic acid groups (broad SMARTS) is 1. The molecular formula is C21H22N6O3. The molecule has 0 amide bonds. The van der Waals surface area contributed by atoms with Crippen molar-refractivity contribution in [3.63, 3.8) is 0 Å². The number of aromatic carboxylic acids is 1. The standard InChI is InChI=1S/C21H22N6O3/c1-25-19-18(27(21(25)30)11-14-6-3-2-5-13(14)10-22)17(9-16(24-19)20(28)29)26-8-4-7-15(23)12-26/h2-3,5-6,9,15H,4,7-8,11-12,23H2,1H3,(H,28,29). The Morgan fingerprint density at radius 1 is 1.40 bits per heavy atom. The van der Waals surface area contributed by atoms with Gasteiger partial charge >= 0.3 is 11.7 Å². The number of fused-ring (bicyclic) bond motifs is 1. The summed E-state index contributed by atoms with van der Waals surface area (Å²) in [6.45, 7) is 1.46. The molecule has 30 heavy (non-hydrogen) atoms. The quantitative estimate of drug-likeness (QED) is 0.667. The number of nitriles is 1. The van der Waals surface area contributed by atoms with E-state index in [-0.39, 0.29) is 24.0 Å². The maximum Gasteiger partial charge on any atom is 0.354 e. The second-order valence-corrected chi connectivity index (χ2v) is 7.55. The Morgan fingerprint density at radius 2 is 2.17 bits per heavy atom. The third-order valence-electron chi connectivity index (χ3n) is 5.54. The van der Waals surface area contributed by atoms with Gasteiger partial charge in [0.05, 0.1) is 23.9 Å². The molecule has 3 heterocycles. The maximum atomic E-state index is 13.1. The first kappa shape index (κ1) is 19.7. The molecule has 1 aliphatic heterocycles. The van der Waals surface area contributed by atoms with Gasteiger partial charge in [-0.05, 0) is 30.5 Å². The van der Waals surface area contributed by atoms with Crippen LogP contribution < -0.4 is 16.3 Å². The Bertz CT molecular complexity index is 1240. The van der Waals surface area contributed by atoms with Gasteiger partial charge in [-0.15, -0.1) is 0 Å². The zero-order valence-corrected chi connectivity index (χ0v) is 16.6. The van der Waals surface area contributed by atoms with E-state index in [0.717, 1.165) is 12.8 Å². The summed E-state index contributed by atoms with van der Waals surface area (Å²) in [6, 6.07) is 10.7. The van der Waals surface area contributed by atoms with Gasteiger partial charge in [0.15, 0.2) is 11.3 Å². The van der Waals surface area contributed by atoms with Crippen LogP contribution in [-0.2, 0) is 13.6 Å². The van der Waals surface area contributed by atoms with Gasteiger partial charge in [0.1, 0.15) is 5.52 Å². The number of hydrogen-bond acceptors (Lipinski definition) is 6. The van der Waals surface area contributed by atoms with Crippen molar-refractivity contribution in [3.8, 4) is 6.07 Å². The highest BCUT2D eigenvalue weighted by Gasteiger charge is 2.26. The molecule has 1 aliphatic rings. The smallest absolute Gasteiger partial charge is 0.354 e. The van der Waals surface area contributed by atoms with Gasteiger partial charge in [0.2, 0.25) is 0 Å². The van der Waals surface area contributed by atoms with Crippen LogP contribution in [0.25, 0.3) is 11.2 Å². The van der Waals surface area contributed by atoms with E-state index in [0.29, 0.717) is 41.1 Å². The highest BCUT2D eigenvalue weighted by atomic mass is 16.4. The molecule has 1 atom stereocenters. The van der Waals surface area contributed by atoms with Crippen LogP contribution in [0.2, 0.25) is 0 Å². The zero-order valence-electron chi connectivity index (χ0n) is 16.6. The van der Waals surface area contributed by atoms with Crippen molar-refractivity contribution in [1.82, 2.24) is 14.1 Å². The summed E-state index contributed by atoms with van der Waals surface area (Å²) in [5.41, 5.74) is 8.37. The largest absolute Gasteiger partial charge is 0.477 e. The van der Waals surface area contributed by atoms with Gasteiger partial charge in [-0.2, -0.15) is 5.26 Å². The average Bonchev–Trinajstić information content (AvgIpc) is 2.98. The van der Waals surface area contributed by atoms with Crippen LogP contribution in [-0.4, -0.2) is 44.3 Å². The monoisotopic (exact) mass is 406 g/mol. The number of aryl methyl sites for hydroxylation is 1. The Hall–Kier alpha value is -3.64. The van der Waals surface area contributed by atoms with Crippen LogP contribution in [0.4, 0.5) is 5.69 Å². The van der Waals surface area contributed by atoms with E-state index < -0.39 is 5.97 Å². The fraction of sp³-hybridized carbons (Fsp3) is 0.333. The van der Waals surface area contributed by atoms with Crippen molar-refractivity contribution in [2.75, 3.05) is 18.0 Å². The number of rotatable bonds is 4. The zero-order chi connectivity index (χ0) is 21.4. The SMILES string of the molecule is Cn1c(=O)n(Cc2ccccc2C#N)c2c(N3CCCC(N)C3)cc(C(=O)O)nc21. The van der Waals surface area contributed by atoms with Crippen molar-refractivity contribution in [1.29, 1.82) is 5.26 Å². The molecule has 3 aromatic rings. The molecule has 0 aliphatic carbocycles. The van der Waals surface area contributed by atoms with Crippen LogP contribution in [0.1, 0.15) is 34.5 Å². The molecule has 1 aromatic carbocycles. The van der Waals surface area contributed by atoms with Crippen LogP contribution >= 0.6 is 0 Å². The molecule has 0 spiro atoms. The summed E-state index contributed by atoms with van der Waals surface area (Å²) in [4.78, 5) is 31.0. The van der Waals surface area contributed by atoms with Crippen LogP contribution in [0.3, 0.4) is 0 Å². The molecule has 4 rings (SSSR count). The Labute approximate surface area is 172 Å². The number of anilines is 1. The minimum atomic E-state index is -1.16. The van der Waals surface area contributed by atoms with E-state index in [4.69, 9.17) is 5.73 Å². The minimum absolute atomic E-state index is 0.0292. The lowest BCUT2D eigenvalue weighted by atomic mass is 10.1. The maximum absolute atomic E-state index is 13.1. The molecule has 0 bridgehead atoms. The van der Waals surface area contributed by atoms with Crippen molar-refractivity contribution in [3.05, 3.63) is 57.6 Å². The number of carboxylic acids is 1. The molecule has 0 saturated carbocycles. The number of hydrogen-bond donors (Lipinski definition) is 2. The molecule has 154 valence electrons. The van der Waals surface area contributed by atoms with Crippen molar-refractivity contribution < 1.29 is 9.90 Å². The van der Waals surface area contributed by atoms with Gasteiger partial charge in [-0.3, -0.25) is 9.13 Å². The fourth-order valence-electron chi connectivity index (χ4n) is 4.04. The Kier molecular flexibility index (Phi) is 5.01. The number of benzene rings is 1. The lowest BCUT2D eigenvalue weighted by Crippen LogP contribution is -2.43. The number of imidazole rings is 1. The van der Waals surface area contributed by atoms with Gasteiger partial charge in [-0.25, -0.2) is 14.6 Å². The van der Waals surface area contributed by atoms with E-state index in [1.54, 1.807) is 29.8 Å². The highest BCUT2D eigenvalue weighted by molar-refractivity contribution is 5.95. The first-order valence-electron chi connectivity index (χ1n) is 9.72. The van der Waals surface area contributed by atoms with E-state index in [2.05, 4.69) is 11.1 Å².